The van der Waals surface area contributed by atoms with Crippen LogP contribution < -0.4 is 5.56 Å². The summed E-state index contributed by atoms with van der Waals surface area (Å²) in [5.74, 6) is -0.278. The summed E-state index contributed by atoms with van der Waals surface area (Å²) in [5, 5.41) is 0. The predicted octanol–water partition coefficient (Wildman–Crippen LogP) is 4.12. The number of hydrogen-bond acceptors (Lipinski definition) is 5. The molecular formula is C24H28N2O5. The number of nitrogens with zero attached hydrogens (tertiary/aromatic N) is 2. The fourth-order valence-corrected chi connectivity index (χ4v) is 4.17. The summed E-state index contributed by atoms with van der Waals surface area (Å²) in [4.78, 5) is 39.1. The first kappa shape index (κ1) is 21.2. The highest BCUT2D eigenvalue weighted by Gasteiger charge is 2.31. The molecule has 3 heterocycles. The number of ether oxygens (including phenoxy) is 2. The van der Waals surface area contributed by atoms with Gasteiger partial charge in [-0.3, -0.25) is 14.1 Å². The summed E-state index contributed by atoms with van der Waals surface area (Å²) in [7, 11) is 1.28. The number of aryl methyl sites for hydroxylation is 1. The molecule has 0 bridgehead atoms. The van der Waals surface area contributed by atoms with Crippen molar-refractivity contribution in [2.75, 3.05) is 13.7 Å². The Hall–Kier alpha value is -3.09. The zero-order chi connectivity index (χ0) is 22.5. The lowest BCUT2D eigenvalue weighted by molar-refractivity contribution is 0.0345. The van der Waals surface area contributed by atoms with E-state index in [1.165, 1.54) is 7.11 Å². The van der Waals surface area contributed by atoms with Gasteiger partial charge in [0.2, 0.25) is 0 Å². The van der Waals surface area contributed by atoms with Crippen LogP contribution in [0, 0.1) is 6.92 Å². The van der Waals surface area contributed by atoms with E-state index in [9.17, 15) is 14.4 Å². The number of esters is 1. The number of pyridine rings is 2. The van der Waals surface area contributed by atoms with Crippen LogP contribution in [0.5, 0.6) is 0 Å². The zero-order valence-electron chi connectivity index (χ0n) is 18.6. The molecule has 1 unspecified atom stereocenters. The van der Waals surface area contributed by atoms with Gasteiger partial charge >= 0.3 is 12.1 Å². The highest BCUT2D eigenvalue weighted by Crippen LogP contribution is 2.43. The van der Waals surface area contributed by atoms with Gasteiger partial charge in [0.1, 0.15) is 11.2 Å². The van der Waals surface area contributed by atoms with Crippen LogP contribution in [0.1, 0.15) is 72.5 Å². The van der Waals surface area contributed by atoms with Crippen molar-refractivity contribution in [1.82, 2.24) is 9.30 Å². The number of hydrogen-bond donors (Lipinski definition) is 0. The van der Waals surface area contributed by atoms with Crippen molar-refractivity contribution in [3.05, 3.63) is 63.2 Å². The zero-order valence-corrected chi connectivity index (χ0v) is 18.6. The number of amides is 1. The summed E-state index contributed by atoms with van der Waals surface area (Å²) < 4.78 is 11.8. The molecular weight excluding hydrogens is 396 g/mol. The average Bonchev–Trinajstić information content (AvgIpc) is 3.43. The second kappa shape index (κ2) is 7.55. The number of rotatable bonds is 3. The first-order valence-corrected chi connectivity index (χ1v) is 10.6. The number of fused-ring (bicyclic) bond motifs is 1. The van der Waals surface area contributed by atoms with Crippen molar-refractivity contribution in [3.63, 3.8) is 0 Å². The van der Waals surface area contributed by atoms with Crippen LogP contribution in [0.4, 0.5) is 4.79 Å². The third-order valence-corrected chi connectivity index (χ3v) is 5.80. The Morgan fingerprint density at radius 1 is 1.16 bits per heavy atom. The van der Waals surface area contributed by atoms with E-state index in [0.29, 0.717) is 12.5 Å². The summed E-state index contributed by atoms with van der Waals surface area (Å²) in [6, 6.07) is 3.60. The third kappa shape index (κ3) is 3.96. The molecule has 0 aromatic carbocycles. The molecule has 0 radical (unpaired) electrons. The number of aromatic nitrogens is 1. The minimum absolute atomic E-state index is 0.0000397. The third-order valence-electron chi connectivity index (χ3n) is 5.80. The van der Waals surface area contributed by atoms with Crippen molar-refractivity contribution in [2.24, 2.45) is 0 Å². The Balaban J connectivity index is 1.73. The molecule has 31 heavy (non-hydrogen) atoms. The van der Waals surface area contributed by atoms with Crippen LogP contribution in [0.3, 0.4) is 0 Å². The van der Waals surface area contributed by atoms with Crippen LogP contribution in [-0.4, -0.2) is 40.6 Å². The Bertz CT molecular complexity index is 1150. The molecule has 2 aromatic rings. The molecule has 1 fully saturated rings. The Morgan fingerprint density at radius 2 is 1.87 bits per heavy atom. The van der Waals surface area contributed by atoms with Crippen LogP contribution in [0.25, 0.3) is 5.52 Å². The van der Waals surface area contributed by atoms with E-state index in [4.69, 9.17) is 9.47 Å². The largest absolute Gasteiger partial charge is 0.465 e. The normalized spacial score (nSPS) is 18.5. The molecule has 1 atom stereocenters. The standard InChI is InChI=1S/C24H28N2O5/c1-14-17(16-8-10-25(13-16)23(29)31-24(2,3)4)9-11-26-20(14)18(15-6-7-15)12-19(21(26)27)22(28)30-5/h8-12,15-16H,6-7,13H2,1-5H3. The first-order chi connectivity index (χ1) is 14.6. The van der Waals surface area contributed by atoms with Gasteiger partial charge in [-0.1, -0.05) is 6.08 Å². The molecule has 0 spiro atoms. The lowest BCUT2D eigenvalue weighted by Gasteiger charge is -2.24. The van der Waals surface area contributed by atoms with Crippen LogP contribution in [-0.2, 0) is 9.47 Å². The maximum Gasteiger partial charge on any atom is 0.414 e. The summed E-state index contributed by atoms with van der Waals surface area (Å²) in [6.45, 7) is 8.01. The maximum absolute atomic E-state index is 13.0. The van der Waals surface area contributed by atoms with Crippen LogP contribution in [0.2, 0.25) is 0 Å². The Kier molecular flexibility index (Phi) is 5.15. The van der Waals surface area contributed by atoms with E-state index in [-0.39, 0.29) is 23.1 Å². The van der Waals surface area contributed by atoms with Gasteiger partial charge in [-0.15, -0.1) is 0 Å². The monoisotopic (exact) mass is 424 g/mol. The molecule has 1 saturated carbocycles. The molecule has 7 nitrogen and oxygen atoms in total. The van der Waals surface area contributed by atoms with Crippen LogP contribution >= 0.6 is 0 Å². The van der Waals surface area contributed by atoms with Gasteiger partial charge in [0.15, 0.2) is 0 Å². The summed E-state index contributed by atoms with van der Waals surface area (Å²) in [6.07, 6.45) is 7.17. The predicted molar refractivity (Wildman–Crippen MR) is 117 cm³/mol. The van der Waals surface area contributed by atoms with Gasteiger partial charge in [0, 0.05) is 24.9 Å². The smallest absolute Gasteiger partial charge is 0.414 e. The van der Waals surface area contributed by atoms with E-state index in [1.54, 1.807) is 27.8 Å². The lowest BCUT2D eigenvalue weighted by Crippen LogP contribution is -2.33. The molecule has 7 heteroatoms. The number of methoxy groups -OCH3 is 1. The molecule has 1 aliphatic carbocycles. The summed E-state index contributed by atoms with van der Waals surface area (Å²) in [5.41, 5.74) is 3.02. The minimum Gasteiger partial charge on any atom is -0.465 e. The molecule has 1 aliphatic heterocycles. The van der Waals surface area contributed by atoms with Gasteiger partial charge < -0.3 is 9.47 Å². The highest BCUT2D eigenvalue weighted by molar-refractivity contribution is 5.90. The van der Waals surface area contributed by atoms with Crippen molar-refractivity contribution < 1.29 is 19.1 Å². The van der Waals surface area contributed by atoms with Crippen molar-refractivity contribution in [2.45, 2.75) is 58.0 Å². The van der Waals surface area contributed by atoms with E-state index in [0.717, 1.165) is 35.0 Å². The quantitative estimate of drug-likeness (QED) is 0.693. The molecule has 2 aromatic heterocycles. The molecule has 0 saturated heterocycles. The SMILES string of the molecule is COC(=O)c1cc(C2CC2)c2c(C)c(C3C=CN(C(=O)OC(C)(C)C)C3)ccn2c1=O. The van der Waals surface area contributed by atoms with Crippen LogP contribution in [0.15, 0.2) is 35.4 Å². The average molecular weight is 424 g/mol. The van der Waals surface area contributed by atoms with Gasteiger partial charge in [-0.05, 0) is 75.3 Å². The second-order valence-corrected chi connectivity index (χ2v) is 9.28. The van der Waals surface area contributed by atoms with Crippen molar-refractivity contribution in [3.8, 4) is 0 Å². The highest BCUT2D eigenvalue weighted by atomic mass is 16.6. The lowest BCUT2D eigenvalue weighted by atomic mass is 9.93. The fraction of sp³-hybridized carbons (Fsp3) is 0.458. The summed E-state index contributed by atoms with van der Waals surface area (Å²) >= 11 is 0. The van der Waals surface area contributed by atoms with Gasteiger partial charge in [0.25, 0.3) is 5.56 Å². The van der Waals surface area contributed by atoms with E-state index >= 15 is 0 Å². The second-order valence-electron chi connectivity index (χ2n) is 9.28. The minimum atomic E-state index is -0.616. The van der Waals surface area contributed by atoms with E-state index in [1.807, 2.05) is 39.8 Å². The molecule has 2 aliphatic rings. The topological polar surface area (TPSA) is 77.3 Å². The first-order valence-electron chi connectivity index (χ1n) is 10.6. The Labute approximate surface area is 181 Å². The number of carbonyl (C=O) groups is 2. The molecule has 1 amide bonds. The van der Waals surface area contributed by atoms with Gasteiger partial charge in [-0.25, -0.2) is 9.59 Å². The van der Waals surface area contributed by atoms with E-state index < -0.39 is 11.6 Å². The molecule has 0 N–H and O–H groups in total. The number of carbonyl (C=O) groups excluding carboxylic acids is 2. The van der Waals surface area contributed by atoms with Crippen molar-refractivity contribution >= 4 is 17.6 Å². The van der Waals surface area contributed by atoms with Gasteiger partial charge in [-0.2, -0.15) is 0 Å². The Morgan fingerprint density at radius 3 is 2.48 bits per heavy atom. The van der Waals surface area contributed by atoms with Gasteiger partial charge in [0.05, 0.1) is 12.6 Å². The van der Waals surface area contributed by atoms with Crippen molar-refractivity contribution in [1.29, 1.82) is 0 Å². The molecule has 4 rings (SSSR count). The molecule has 164 valence electrons. The van der Waals surface area contributed by atoms with E-state index in [2.05, 4.69) is 0 Å². The maximum atomic E-state index is 13.0. The fourth-order valence-electron chi connectivity index (χ4n) is 4.17.